The number of nitrogens with zero attached hydrogens (tertiary/aromatic N) is 1. The monoisotopic (exact) mass is 263 g/mol. The maximum atomic E-state index is 14.1. The molecule has 0 spiro atoms. The summed E-state index contributed by atoms with van der Waals surface area (Å²) in [4.78, 5) is 14.3. The van der Waals surface area contributed by atoms with Gasteiger partial charge in [0.05, 0.1) is 11.3 Å². The van der Waals surface area contributed by atoms with Crippen molar-refractivity contribution in [3.05, 3.63) is 29.1 Å². The number of carbonyl (C=O) groups is 1. The quantitative estimate of drug-likeness (QED) is 0.743. The van der Waals surface area contributed by atoms with Gasteiger partial charge >= 0.3 is 0 Å². The summed E-state index contributed by atoms with van der Waals surface area (Å²) < 4.78 is 14.1. The zero-order valence-electron chi connectivity index (χ0n) is 11.2. The van der Waals surface area contributed by atoms with Crippen molar-refractivity contribution < 1.29 is 9.18 Å². The van der Waals surface area contributed by atoms with E-state index in [1.165, 1.54) is 6.07 Å². The third-order valence-corrected chi connectivity index (χ3v) is 4.01. The molecular weight excluding hydrogens is 245 g/mol. The van der Waals surface area contributed by atoms with E-state index in [0.717, 1.165) is 31.6 Å². The van der Waals surface area contributed by atoms with Crippen LogP contribution in [0.15, 0.2) is 12.1 Å². The number of anilines is 1. The Kier molecular flexibility index (Phi) is 2.74. The van der Waals surface area contributed by atoms with E-state index >= 15 is 0 Å². The summed E-state index contributed by atoms with van der Waals surface area (Å²) in [6.45, 7) is 6.29. The molecule has 5 heteroatoms. The van der Waals surface area contributed by atoms with Crippen LogP contribution in [0.5, 0.6) is 0 Å². The molecule has 2 heterocycles. The SMILES string of the molecule is Cc1cc(F)c2c(c1)N1CCNCC[C@]1(C)NC2=O. The normalized spacial score (nSPS) is 26.3. The molecule has 1 atom stereocenters. The molecule has 0 saturated carbocycles. The van der Waals surface area contributed by atoms with Crippen LogP contribution in [0, 0.1) is 12.7 Å². The maximum Gasteiger partial charge on any atom is 0.258 e. The fourth-order valence-electron chi connectivity index (χ4n) is 3.01. The van der Waals surface area contributed by atoms with Gasteiger partial charge in [-0.25, -0.2) is 4.39 Å². The van der Waals surface area contributed by atoms with E-state index in [-0.39, 0.29) is 11.5 Å². The van der Waals surface area contributed by atoms with Gasteiger partial charge in [-0.05, 0) is 38.1 Å². The van der Waals surface area contributed by atoms with Crippen LogP contribution in [0.3, 0.4) is 0 Å². The average molecular weight is 263 g/mol. The number of rotatable bonds is 0. The first-order valence-corrected chi connectivity index (χ1v) is 6.62. The van der Waals surface area contributed by atoms with Gasteiger partial charge in [0, 0.05) is 19.5 Å². The highest BCUT2D eigenvalue weighted by Gasteiger charge is 2.41. The lowest BCUT2D eigenvalue weighted by molar-refractivity contribution is 0.0882. The number of carbonyl (C=O) groups excluding carboxylic acids is 1. The Hall–Kier alpha value is -1.62. The Balaban J connectivity index is 2.18. The van der Waals surface area contributed by atoms with Crippen LogP contribution < -0.4 is 15.5 Å². The van der Waals surface area contributed by atoms with Crippen molar-refractivity contribution in [3.8, 4) is 0 Å². The molecule has 2 aliphatic heterocycles. The Morgan fingerprint density at radius 3 is 2.95 bits per heavy atom. The van der Waals surface area contributed by atoms with Crippen LogP contribution in [0.2, 0.25) is 0 Å². The number of halogens is 1. The predicted octanol–water partition coefficient (Wildman–Crippen LogP) is 1.39. The maximum absolute atomic E-state index is 14.1. The van der Waals surface area contributed by atoms with E-state index in [9.17, 15) is 9.18 Å². The van der Waals surface area contributed by atoms with Crippen LogP contribution in [0.4, 0.5) is 10.1 Å². The second-order valence-corrected chi connectivity index (χ2v) is 5.52. The molecule has 4 nitrogen and oxygen atoms in total. The molecule has 1 saturated heterocycles. The second-order valence-electron chi connectivity index (χ2n) is 5.52. The first kappa shape index (κ1) is 12.4. The first-order valence-electron chi connectivity index (χ1n) is 6.62. The summed E-state index contributed by atoms with van der Waals surface area (Å²) in [6, 6.07) is 3.32. The average Bonchev–Trinajstić information content (AvgIpc) is 2.49. The lowest BCUT2D eigenvalue weighted by Crippen LogP contribution is -2.62. The molecule has 3 rings (SSSR count). The molecular formula is C14H18FN3O. The van der Waals surface area contributed by atoms with Gasteiger partial charge in [-0.2, -0.15) is 0 Å². The minimum absolute atomic E-state index is 0.171. The van der Waals surface area contributed by atoms with Crippen molar-refractivity contribution >= 4 is 11.6 Å². The molecule has 0 aromatic heterocycles. The number of hydrogen-bond acceptors (Lipinski definition) is 3. The Bertz CT molecular complexity index is 546. The molecule has 0 radical (unpaired) electrons. The summed E-state index contributed by atoms with van der Waals surface area (Å²) in [7, 11) is 0. The number of aryl methyl sites for hydroxylation is 1. The third-order valence-electron chi connectivity index (χ3n) is 4.01. The Labute approximate surface area is 112 Å². The highest BCUT2D eigenvalue weighted by Crippen LogP contribution is 2.35. The molecule has 1 fully saturated rings. The van der Waals surface area contributed by atoms with Gasteiger partial charge in [0.15, 0.2) is 0 Å². The van der Waals surface area contributed by atoms with E-state index in [0.29, 0.717) is 5.69 Å². The Morgan fingerprint density at radius 1 is 1.37 bits per heavy atom. The van der Waals surface area contributed by atoms with Gasteiger partial charge in [-0.3, -0.25) is 4.79 Å². The van der Waals surface area contributed by atoms with Crippen molar-refractivity contribution in [2.75, 3.05) is 24.5 Å². The van der Waals surface area contributed by atoms with Crippen molar-refractivity contribution in [2.45, 2.75) is 25.9 Å². The van der Waals surface area contributed by atoms with Crippen LogP contribution >= 0.6 is 0 Å². The fourth-order valence-corrected chi connectivity index (χ4v) is 3.01. The van der Waals surface area contributed by atoms with Gasteiger partial charge in [0.1, 0.15) is 11.5 Å². The van der Waals surface area contributed by atoms with Crippen molar-refractivity contribution in [1.82, 2.24) is 10.6 Å². The second kappa shape index (κ2) is 4.20. The minimum Gasteiger partial charge on any atom is -0.347 e. The lowest BCUT2D eigenvalue weighted by Gasteiger charge is -2.46. The molecule has 19 heavy (non-hydrogen) atoms. The predicted molar refractivity (Wildman–Crippen MR) is 71.8 cm³/mol. The van der Waals surface area contributed by atoms with E-state index in [2.05, 4.69) is 15.5 Å². The van der Waals surface area contributed by atoms with Gasteiger partial charge in [0.25, 0.3) is 5.91 Å². The van der Waals surface area contributed by atoms with E-state index in [1.54, 1.807) is 0 Å². The third kappa shape index (κ3) is 1.89. The zero-order valence-corrected chi connectivity index (χ0v) is 11.2. The van der Waals surface area contributed by atoms with Gasteiger partial charge < -0.3 is 15.5 Å². The number of fused-ring (bicyclic) bond motifs is 3. The molecule has 1 aromatic rings. The van der Waals surface area contributed by atoms with Gasteiger partial charge in [0.2, 0.25) is 0 Å². The van der Waals surface area contributed by atoms with Crippen molar-refractivity contribution in [2.24, 2.45) is 0 Å². The number of nitrogens with one attached hydrogen (secondary N) is 2. The van der Waals surface area contributed by atoms with E-state index < -0.39 is 11.5 Å². The largest absolute Gasteiger partial charge is 0.347 e. The molecule has 0 unspecified atom stereocenters. The molecule has 0 bridgehead atoms. The molecule has 2 aliphatic rings. The van der Waals surface area contributed by atoms with Crippen molar-refractivity contribution in [1.29, 1.82) is 0 Å². The smallest absolute Gasteiger partial charge is 0.258 e. The fraction of sp³-hybridized carbons (Fsp3) is 0.500. The number of benzene rings is 1. The van der Waals surface area contributed by atoms with Crippen molar-refractivity contribution in [3.63, 3.8) is 0 Å². The summed E-state index contributed by atoms with van der Waals surface area (Å²) in [5.74, 6) is -0.750. The lowest BCUT2D eigenvalue weighted by atomic mass is 9.96. The number of hydrogen-bond donors (Lipinski definition) is 2. The van der Waals surface area contributed by atoms with Crippen LogP contribution in [-0.2, 0) is 0 Å². The molecule has 102 valence electrons. The zero-order chi connectivity index (χ0) is 13.6. The topological polar surface area (TPSA) is 44.4 Å². The van der Waals surface area contributed by atoms with E-state index in [1.807, 2.05) is 19.9 Å². The Morgan fingerprint density at radius 2 is 2.16 bits per heavy atom. The molecule has 1 amide bonds. The van der Waals surface area contributed by atoms with Crippen LogP contribution in [-0.4, -0.2) is 31.2 Å². The molecule has 2 N–H and O–H groups in total. The highest BCUT2D eigenvalue weighted by molar-refractivity contribution is 6.03. The van der Waals surface area contributed by atoms with Gasteiger partial charge in [-0.1, -0.05) is 0 Å². The van der Waals surface area contributed by atoms with Crippen LogP contribution in [0.1, 0.15) is 29.3 Å². The summed E-state index contributed by atoms with van der Waals surface area (Å²) in [5, 5.41) is 6.28. The summed E-state index contributed by atoms with van der Waals surface area (Å²) in [5.41, 5.74) is 1.29. The number of amides is 1. The molecule has 0 aliphatic carbocycles. The highest BCUT2D eigenvalue weighted by atomic mass is 19.1. The minimum atomic E-state index is -0.438. The standard InChI is InChI=1S/C14H18FN3O/c1-9-7-10(15)12-11(8-9)18-6-5-16-4-3-14(18,2)17-13(12)19/h7-8,16H,3-6H2,1-2H3,(H,17,19)/t14-/m1/s1. The molecule has 1 aromatic carbocycles. The van der Waals surface area contributed by atoms with E-state index in [4.69, 9.17) is 0 Å². The summed E-state index contributed by atoms with van der Waals surface area (Å²) in [6.07, 6.45) is 0.799. The van der Waals surface area contributed by atoms with Crippen LogP contribution in [0.25, 0.3) is 0 Å². The first-order chi connectivity index (χ1) is 9.01. The summed E-state index contributed by atoms with van der Waals surface area (Å²) >= 11 is 0. The van der Waals surface area contributed by atoms with Gasteiger partial charge in [-0.15, -0.1) is 0 Å².